The first-order valence-electron chi connectivity index (χ1n) is 5.71. The Morgan fingerprint density at radius 2 is 1.88 bits per heavy atom. The first-order valence-corrected chi connectivity index (χ1v) is 5.71. The molecular weight excluding hydrogens is 228 g/mol. The van der Waals surface area contributed by atoms with Crippen LogP contribution in [0.25, 0.3) is 0 Å². The van der Waals surface area contributed by atoms with Crippen LogP contribution < -0.4 is 11.1 Å². The van der Waals surface area contributed by atoms with E-state index in [1.165, 1.54) is 32.8 Å². The number of carbonyl (C=O) groups excluding carboxylic acids is 1. The Kier molecular flexibility index (Phi) is 7.72. The van der Waals surface area contributed by atoms with Crippen LogP contribution in [0.3, 0.4) is 0 Å². The second-order valence-corrected chi connectivity index (χ2v) is 4.49. The first kappa shape index (κ1) is 15.7. The largest absolute Gasteiger partial charge is 0.375 e. The van der Waals surface area contributed by atoms with E-state index in [0.29, 0.717) is 6.54 Å². The van der Waals surface area contributed by atoms with Gasteiger partial charge in [0.1, 0.15) is 6.61 Å². The van der Waals surface area contributed by atoms with Gasteiger partial charge in [0.2, 0.25) is 5.91 Å². The minimum Gasteiger partial charge on any atom is -0.375 e. The summed E-state index contributed by atoms with van der Waals surface area (Å²) >= 11 is 0. The highest BCUT2D eigenvalue weighted by atomic mass is 35.5. The zero-order valence-electron chi connectivity index (χ0n) is 9.96. The van der Waals surface area contributed by atoms with Crippen LogP contribution in [-0.4, -0.2) is 31.7 Å². The van der Waals surface area contributed by atoms with Gasteiger partial charge in [0.15, 0.2) is 0 Å². The first-order chi connectivity index (χ1) is 7.16. The molecule has 1 saturated carbocycles. The van der Waals surface area contributed by atoms with Gasteiger partial charge in [0, 0.05) is 19.2 Å². The average molecular weight is 251 g/mol. The highest BCUT2D eigenvalue weighted by Crippen LogP contribution is 2.24. The van der Waals surface area contributed by atoms with Gasteiger partial charge >= 0.3 is 0 Å². The molecule has 0 radical (unpaired) electrons. The number of nitrogens with one attached hydrogen (secondary N) is 1. The van der Waals surface area contributed by atoms with Gasteiger partial charge < -0.3 is 15.8 Å². The average Bonchev–Trinajstić information content (AvgIpc) is 2.42. The maximum absolute atomic E-state index is 11.2. The standard InChI is InChI=1S/C11H22N2O2.ClH/c1-15-8-10(14)13-9-11(12)6-4-2-3-5-7-11;/h2-9,12H2,1H3,(H,13,14);1H. The molecule has 0 aromatic rings. The van der Waals surface area contributed by atoms with Gasteiger partial charge in [0.25, 0.3) is 0 Å². The van der Waals surface area contributed by atoms with Crippen LogP contribution in [0.5, 0.6) is 0 Å². The Morgan fingerprint density at radius 3 is 2.38 bits per heavy atom. The molecule has 1 amide bonds. The maximum Gasteiger partial charge on any atom is 0.246 e. The quantitative estimate of drug-likeness (QED) is 0.738. The third-order valence-electron chi connectivity index (χ3n) is 3.01. The van der Waals surface area contributed by atoms with Crippen molar-refractivity contribution in [2.24, 2.45) is 5.73 Å². The van der Waals surface area contributed by atoms with E-state index >= 15 is 0 Å². The Morgan fingerprint density at radius 1 is 1.31 bits per heavy atom. The van der Waals surface area contributed by atoms with E-state index in [-0.39, 0.29) is 30.5 Å². The third-order valence-corrected chi connectivity index (χ3v) is 3.01. The SMILES string of the molecule is COCC(=O)NCC1(N)CCCCCC1.Cl. The van der Waals surface area contributed by atoms with Crippen molar-refractivity contribution in [3.63, 3.8) is 0 Å². The van der Waals surface area contributed by atoms with E-state index in [4.69, 9.17) is 10.5 Å². The van der Waals surface area contributed by atoms with Crippen molar-refractivity contribution < 1.29 is 9.53 Å². The summed E-state index contributed by atoms with van der Waals surface area (Å²) in [4.78, 5) is 11.2. The predicted octanol–water partition coefficient (Wildman–Crippen LogP) is 1.22. The number of hydrogen-bond donors (Lipinski definition) is 2. The van der Waals surface area contributed by atoms with E-state index in [1.54, 1.807) is 0 Å². The smallest absolute Gasteiger partial charge is 0.246 e. The molecule has 96 valence electrons. The van der Waals surface area contributed by atoms with Gasteiger partial charge in [-0.2, -0.15) is 0 Å². The number of ether oxygens (including phenoxy) is 1. The summed E-state index contributed by atoms with van der Waals surface area (Å²) < 4.78 is 4.75. The van der Waals surface area contributed by atoms with E-state index < -0.39 is 0 Å². The molecule has 0 spiro atoms. The molecule has 1 rings (SSSR count). The number of halogens is 1. The van der Waals surface area contributed by atoms with E-state index in [2.05, 4.69) is 5.32 Å². The van der Waals surface area contributed by atoms with Crippen LogP contribution in [0.1, 0.15) is 38.5 Å². The van der Waals surface area contributed by atoms with E-state index in [9.17, 15) is 4.79 Å². The molecule has 0 aromatic carbocycles. The Labute approximate surface area is 104 Å². The van der Waals surface area contributed by atoms with Gasteiger partial charge in [-0.15, -0.1) is 12.4 Å². The summed E-state index contributed by atoms with van der Waals surface area (Å²) in [6, 6.07) is 0. The predicted molar refractivity (Wildman–Crippen MR) is 66.8 cm³/mol. The molecule has 0 heterocycles. The molecule has 0 unspecified atom stereocenters. The number of amides is 1. The minimum atomic E-state index is -0.195. The Balaban J connectivity index is 0.00000225. The zero-order chi connectivity index (χ0) is 11.1. The zero-order valence-corrected chi connectivity index (χ0v) is 10.8. The molecule has 1 aliphatic rings. The van der Waals surface area contributed by atoms with Crippen molar-refractivity contribution in [1.82, 2.24) is 5.32 Å². The van der Waals surface area contributed by atoms with Crippen molar-refractivity contribution in [2.75, 3.05) is 20.3 Å². The minimum absolute atomic E-state index is 0. The van der Waals surface area contributed by atoms with Gasteiger partial charge in [-0.3, -0.25) is 4.79 Å². The van der Waals surface area contributed by atoms with Crippen molar-refractivity contribution in [3.05, 3.63) is 0 Å². The van der Waals surface area contributed by atoms with Gasteiger partial charge in [0.05, 0.1) is 0 Å². The molecule has 1 fully saturated rings. The van der Waals surface area contributed by atoms with E-state index in [1.807, 2.05) is 0 Å². The molecule has 0 atom stereocenters. The summed E-state index contributed by atoms with van der Waals surface area (Å²) in [5.74, 6) is -0.0772. The second kappa shape index (κ2) is 7.87. The van der Waals surface area contributed by atoms with Crippen molar-refractivity contribution >= 4 is 18.3 Å². The summed E-state index contributed by atoms with van der Waals surface area (Å²) in [6.45, 7) is 0.700. The molecule has 1 aliphatic carbocycles. The summed E-state index contributed by atoms with van der Waals surface area (Å²) in [5, 5.41) is 2.83. The number of nitrogens with two attached hydrogens (primary N) is 1. The normalized spacial score (nSPS) is 19.4. The lowest BCUT2D eigenvalue weighted by atomic mass is 9.91. The second-order valence-electron chi connectivity index (χ2n) is 4.49. The molecule has 0 aromatic heterocycles. The number of rotatable bonds is 4. The van der Waals surface area contributed by atoms with Crippen molar-refractivity contribution in [3.8, 4) is 0 Å². The molecule has 5 heteroatoms. The molecule has 0 bridgehead atoms. The lowest BCUT2D eigenvalue weighted by Gasteiger charge is -2.28. The van der Waals surface area contributed by atoms with Crippen LogP contribution in [0.4, 0.5) is 0 Å². The summed E-state index contributed by atoms with van der Waals surface area (Å²) in [5.41, 5.74) is 6.05. The summed E-state index contributed by atoms with van der Waals surface area (Å²) in [7, 11) is 1.52. The van der Waals surface area contributed by atoms with Gasteiger partial charge in [-0.05, 0) is 12.8 Å². The fraction of sp³-hybridized carbons (Fsp3) is 0.909. The molecule has 16 heavy (non-hydrogen) atoms. The van der Waals surface area contributed by atoms with Crippen LogP contribution in [0, 0.1) is 0 Å². The van der Waals surface area contributed by atoms with Crippen molar-refractivity contribution in [2.45, 2.75) is 44.1 Å². The highest BCUT2D eigenvalue weighted by Gasteiger charge is 2.26. The molecular formula is C11H23ClN2O2. The number of carbonyl (C=O) groups is 1. The maximum atomic E-state index is 11.2. The van der Waals surface area contributed by atoms with Gasteiger partial charge in [-0.25, -0.2) is 0 Å². The number of methoxy groups -OCH3 is 1. The highest BCUT2D eigenvalue weighted by molar-refractivity contribution is 5.85. The Hall–Kier alpha value is -0.320. The fourth-order valence-electron chi connectivity index (χ4n) is 2.07. The lowest BCUT2D eigenvalue weighted by Crippen LogP contribution is -2.50. The molecule has 3 N–H and O–H groups in total. The topological polar surface area (TPSA) is 64.3 Å². The van der Waals surface area contributed by atoms with Crippen LogP contribution >= 0.6 is 12.4 Å². The van der Waals surface area contributed by atoms with E-state index in [0.717, 1.165) is 12.8 Å². The molecule has 4 nitrogen and oxygen atoms in total. The number of hydrogen-bond acceptors (Lipinski definition) is 3. The van der Waals surface area contributed by atoms with Crippen LogP contribution in [0.2, 0.25) is 0 Å². The van der Waals surface area contributed by atoms with Crippen LogP contribution in [-0.2, 0) is 9.53 Å². The van der Waals surface area contributed by atoms with Gasteiger partial charge in [-0.1, -0.05) is 25.7 Å². The fourth-order valence-corrected chi connectivity index (χ4v) is 2.07. The Bertz CT molecular complexity index is 204. The lowest BCUT2D eigenvalue weighted by molar-refractivity contribution is -0.125. The molecule has 0 aliphatic heterocycles. The van der Waals surface area contributed by atoms with Crippen molar-refractivity contribution in [1.29, 1.82) is 0 Å². The molecule has 0 saturated heterocycles. The summed E-state index contributed by atoms with van der Waals surface area (Å²) in [6.07, 6.45) is 6.92. The third kappa shape index (κ3) is 5.68. The van der Waals surface area contributed by atoms with Crippen LogP contribution in [0.15, 0.2) is 0 Å². The monoisotopic (exact) mass is 250 g/mol.